The molecular weight excluding hydrogens is 300 g/mol. The van der Waals surface area contributed by atoms with Gasteiger partial charge in [-0.25, -0.2) is 0 Å². The maximum absolute atomic E-state index is 12.4. The van der Waals surface area contributed by atoms with Crippen LogP contribution in [-0.4, -0.2) is 29.9 Å². The number of hydrogen-bond acceptors (Lipinski definition) is 3. The molecule has 1 amide bonds. The number of piperidine rings is 1. The topological polar surface area (TPSA) is 59.5 Å². The molecule has 0 saturated carbocycles. The summed E-state index contributed by atoms with van der Waals surface area (Å²) in [6.07, 6.45) is 4.11. The van der Waals surface area contributed by atoms with Crippen molar-refractivity contribution in [3.63, 3.8) is 0 Å². The minimum Gasteiger partial charge on any atom is -0.464 e. The number of rotatable bonds is 2. The smallest absolute Gasteiger partial charge is 0.227 e. The Kier molecular flexibility index (Phi) is 5.14. The van der Waals surface area contributed by atoms with Crippen LogP contribution < -0.4 is 5.73 Å². The maximum Gasteiger partial charge on any atom is 0.227 e. The lowest BCUT2D eigenvalue weighted by Crippen LogP contribution is -2.46. The molecule has 3 rings (SSSR count). The van der Waals surface area contributed by atoms with Gasteiger partial charge in [-0.3, -0.25) is 4.79 Å². The van der Waals surface area contributed by atoms with Crippen LogP contribution in [-0.2, 0) is 11.2 Å². The molecule has 0 radical (unpaired) electrons. The van der Waals surface area contributed by atoms with Gasteiger partial charge in [0.15, 0.2) is 0 Å². The quantitative estimate of drug-likeness (QED) is 0.924. The van der Waals surface area contributed by atoms with Gasteiger partial charge in [-0.1, -0.05) is 0 Å². The average molecular weight is 323 g/mol. The number of hydrogen-bond donors (Lipinski definition) is 1. The molecule has 1 saturated heterocycles. The van der Waals surface area contributed by atoms with Crippen LogP contribution in [0.2, 0.25) is 0 Å². The predicted molar refractivity (Wildman–Crippen MR) is 90.4 cm³/mol. The Balaban J connectivity index is 0.00000176. The molecule has 1 aromatic carbocycles. The minimum absolute atomic E-state index is 0. The number of nitrogens with two attached hydrogens (primary N) is 1. The van der Waals surface area contributed by atoms with Gasteiger partial charge in [0.05, 0.1) is 12.7 Å². The van der Waals surface area contributed by atoms with Crippen molar-refractivity contribution in [2.75, 3.05) is 13.1 Å². The Morgan fingerprint density at radius 2 is 2.09 bits per heavy atom. The van der Waals surface area contributed by atoms with Gasteiger partial charge in [0, 0.05) is 30.1 Å². The SMILES string of the molecule is Cc1cc2occ(CC(=O)N3CCCC(N)C3)c2cc1C.Cl. The van der Waals surface area contributed by atoms with Crippen molar-refractivity contribution >= 4 is 29.3 Å². The van der Waals surface area contributed by atoms with E-state index in [0.29, 0.717) is 13.0 Å². The van der Waals surface area contributed by atoms with E-state index in [-0.39, 0.29) is 24.4 Å². The van der Waals surface area contributed by atoms with E-state index in [4.69, 9.17) is 10.2 Å². The molecule has 1 aliphatic rings. The molecule has 1 unspecified atom stereocenters. The first-order valence-corrected chi connectivity index (χ1v) is 7.55. The lowest BCUT2D eigenvalue weighted by Gasteiger charge is -2.30. The van der Waals surface area contributed by atoms with Crippen molar-refractivity contribution in [3.05, 3.63) is 35.1 Å². The number of likely N-dealkylation sites (tertiary alicyclic amines) is 1. The highest BCUT2D eigenvalue weighted by molar-refractivity contribution is 5.88. The van der Waals surface area contributed by atoms with E-state index >= 15 is 0 Å². The molecule has 120 valence electrons. The van der Waals surface area contributed by atoms with Gasteiger partial charge < -0.3 is 15.1 Å². The molecule has 0 spiro atoms. The van der Waals surface area contributed by atoms with Gasteiger partial charge in [-0.05, 0) is 49.9 Å². The molecular formula is C17H23ClN2O2. The summed E-state index contributed by atoms with van der Waals surface area (Å²) in [7, 11) is 0. The van der Waals surface area contributed by atoms with Crippen molar-refractivity contribution in [1.29, 1.82) is 0 Å². The van der Waals surface area contributed by atoms with E-state index in [1.807, 2.05) is 11.0 Å². The number of carbonyl (C=O) groups is 1. The molecule has 2 heterocycles. The van der Waals surface area contributed by atoms with Crippen LogP contribution in [0.3, 0.4) is 0 Å². The van der Waals surface area contributed by atoms with Gasteiger partial charge >= 0.3 is 0 Å². The fraction of sp³-hybridized carbons (Fsp3) is 0.471. The number of furan rings is 1. The molecule has 1 fully saturated rings. The normalized spacial score (nSPS) is 18.3. The number of halogens is 1. The second kappa shape index (κ2) is 6.71. The molecule has 2 aromatic rings. The van der Waals surface area contributed by atoms with E-state index in [1.54, 1.807) is 6.26 Å². The fourth-order valence-corrected chi connectivity index (χ4v) is 2.98. The van der Waals surface area contributed by atoms with Crippen LogP contribution in [0.4, 0.5) is 0 Å². The summed E-state index contributed by atoms with van der Waals surface area (Å²) in [6, 6.07) is 4.27. The van der Waals surface area contributed by atoms with Gasteiger partial charge in [0.25, 0.3) is 0 Å². The van der Waals surface area contributed by atoms with Crippen molar-refractivity contribution < 1.29 is 9.21 Å². The molecule has 2 N–H and O–H groups in total. The van der Waals surface area contributed by atoms with Crippen LogP contribution in [0.5, 0.6) is 0 Å². The predicted octanol–water partition coefficient (Wildman–Crippen LogP) is 2.96. The molecule has 1 aliphatic heterocycles. The van der Waals surface area contributed by atoms with Crippen molar-refractivity contribution in [3.8, 4) is 0 Å². The first-order valence-electron chi connectivity index (χ1n) is 7.55. The molecule has 22 heavy (non-hydrogen) atoms. The summed E-state index contributed by atoms with van der Waals surface area (Å²) in [5.74, 6) is 0.145. The van der Waals surface area contributed by atoms with E-state index in [9.17, 15) is 4.79 Å². The van der Waals surface area contributed by atoms with Gasteiger partial charge in [0.2, 0.25) is 5.91 Å². The summed E-state index contributed by atoms with van der Waals surface area (Å²) in [6.45, 7) is 5.64. The standard InChI is InChI=1S/C17H22N2O2.ClH/c1-11-6-15-13(10-21-16(15)7-12(11)2)8-17(20)19-5-3-4-14(18)9-19;/h6-7,10,14H,3-5,8-9,18H2,1-2H3;1H. The Bertz CT molecular complexity index is 681. The number of amides is 1. The lowest BCUT2D eigenvalue weighted by atomic mass is 10.0. The van der Waals surface area contributed by atoms with Crippen molar-refractivity contribution in [2.24, 2.45) is 5.73 Å². The first-order chi connectivity index (χ1) is 10.0. The number of fused-ring (bicyclic) bond motifs is 1. The Labute approximate surface area is 137 Å². The lowest BCUT2D eigenvalue weighted by molar-refractivity contribution is -0.131. The zero-order valence-corrected chi connectivity index (χ0v) is 13.9. The molecule has 0 bridgehead atoms. The molecule has 0 aliphatic carbocycles. The minimum atomic E-state index is 0. The van der Waals surface area contributed by atoms with Crippen LogP contribution in [0.15, 0.2) is 22.8 Å². The third-order valence-electron chi connectivity index (χ3n) is 4.42. The van der Waals surface area contributed by atoms with Crippen LogP contribution in [0.1, 0.15) is 29.5 Å². The molecule has 1 atom stereocenters. The van der Waals surface area contributed by atoms with Gasteiger partial charge in [-0.2, -0.15) is 0 Å². The highest BCUT2D eigenvalue weighted by Crippen LogP contribution is 2.25. The summed E-state index contributed by atoms with van der Waals surface area (Å²) < 4.78 is 5.60. The monoisotopic (exact) mass is 322 g/mol. The zero-order valence-electron chi connectivity index (χ0n) is 13.1. The Hall–Kier alpha value is -1.52. The van der Waals surface area contributed by atoms with Crippen LogP contribution in [0.25, 0.3) is 11.0 Å². The zero-order chi connectivity index (χ0) is 15.0. The van der Waals surface area contributed by atoms with E-state index in [0.717, 1.165) is 35.9 Å². The van der Waals surface area contributed by atoms with E-state index < -0.39 is 0 Å². The van der Waals surface area contributed by atoms with Crippen LogP contribution >= 0.6 is 12.4 Å². The largest absolute Gasteiger partial charge is 0.464 e. The first kappa shape index (κ1) is 16.8. The van der Waals surface area contributed by atoms with Gasteiger partial charge in [-0.15, -0.1) is 12.4 Å². The van der Waals surface area contributed by atoms with Crippen molar-refractivity contribution in [2.45, 2.75) is 39.2 Å². The second-order valence-electron chi connectivity index (χ2n) is 6.11. The maximum atomic E-state index is 12.4. The molecule has 5 heteroatoms. The molecule has 4 nitrogen and oxygen atoms in total. The third-order valence-corrected chi connectivity index (χ3v) is 4.42. The number of carbonyl (C=O) groups excluding carboxylic acids is 1. The summed E-state index contributed by atoms with van der Waals surface area (Å²) in [5.41, 5.74) is 10.2. The summed E-state index contributed by atoms with van der Waals surface area (Å²) in [5, 5.41) is 1.05. The summed E-state index contributed by atoms with van der Waals surface area (Å²) >= 11 is 0. The van der Waals surface area contributed by atoms with E-state index in [1.165, 1.54) is 11.1 Å². The Morgan fingerprint density at radius 3 is 2.82 bits per heavy atom. The highest BCUT2D eigenvalue weighted by Gasteiger charge is 2.22. The third kappa shape index (κ3) is 3.28. The van der Waals surface area contributed by atoms with E-state index in [2.05, 4.69) is 19.9 Å². The number of benzene rings is 1. The highest BCUT2D eigenvalue weighted by atomic mass is 35.5. The van der Waals surface area contributed by atoms with Crippen molar-refractivity contribution in [1.82, 2.24) is 4.90 Å². The molecule has 1 aromatic heterocycles. The van der Waals surface area contributed by atoms with Crippen LogP contribution in [0, 0.1) is 13.8 Å². The summed E-state index contributed by atoms with van der Waals surface area (Å²) in [4.78, 5) is 14.3. The Morgan fingerprint density at radius 1 is 1.36 bits per heavy atom. The number of aryl methyl sites for hydroxylation is 2. The number of nitrogens with zero attached hydrogens (tertiary/aromatic N) is 1. The second-order valence-corrected chi connectivity index (χ2v) is 6.11. The van der Waals surface area contributed by atoms with Gasteiger partial charge in [0.1, 0.15) is 5.58 Å². The average Bonchev–Trinajstić information content (AvgIpc) is 2.82. The fourth-order valence-electron chi connectivity index (χ4n) is 2.98.